The molecule has 0 bridgehead atoms. The van der Waals surface area contributed by atoms with Crippen LogP contribution in [0.25, 0.3) is 0 Å². The molecular weight excluding hydrogens is 306 g/mol. The molecule has 0 aromatic heterocycles. The number of halogens is 1. The highest BCUT2D eigenvalue weighted by atomic mass is 79.9. The fourth-order valence-electron chi connectivity index (χ4n) is 2.12. The number of benzene rings is 1. The Kier molecular flexibility index (Phi) is 4.86. The minimum absolute atomic E-state index is 0.0968. The maximum atomic E-state index is 12.6. The Morgan fingerprint density at radius 1 is 1.47 bits per heavy atom. The minimum Gasteiger partial charge on any atom is -0.497 e. The Balaban J connectivity index is 2.19. The second-order valence-corrected chi connectivity index (χ2v) is 5.89. The Morgan fingerprint density at radius 3 is 2.79 bits per heavy atom. The largest absolute Gasteiger partial charge is 0.497 e. The number of carbonyl (C=O) groups is 1. The molecule has 1 aliphatic carbocycles. The van der Waals surface area contributed by atoms with Crippen molar-refractivity contribution in [1.82, 2.24) is 4.90 Å². The van der Waals surface area contributed by atoms with Gasteiger partial charge in [-0.15, -0.1) is 0 Å². The summed E-state index contributed by atoms with van der Waals surface area (Å²) < 4.78 is 6.03. The smallest absolute Gasteiger partial charge is 0.255 e. The van der Waals surface area contributed by atoms with E-state index in [0.29, 0.717) is 11.5 Å². The van der Waals surface area contributed by atoms with Crippen LogP contribution >= 0.6 is 15.9 Å². The van der Waals surface area contributed by atoms with Gasteiger partial charge in [-0.05, 0) is 59.3 Å². The van der Waals surface area contributed by atoms with E-state index in [1.807, 2.05) is 23.1 Å². The van der Waals surface area contributed by atoms with Gasteiger partial charge in [-0.2, -0.15) is 0 Å². The molecule has 0 aliphatic heterocycles. The Labute approximate surface area is 123 Å². The maximum absolute atomic E-state index is 12.6. The predicted octanol–water partition coefficient (Wildman–Crippen LogP) is 3.72. The van der Waals surface area contributed by atoms with Crippen LogP contribution in [0.15, 0.2) is 22.7 Å². The van der Waals surface area contributed by atoms with E-state index in [-0.39, 0.29) is 5.91 Å². The predicted molar refractivity (Wildman–Crippen MR) is 79.6 cm³/mol. The first kappa shape index (κ1) is 14.4. The maximum Gasteiger partial charge on any atom is 0.255 e. The van der Waals surface area contributed by atoms with E-state index in [1.54, 1.807) is 7.11 Å². The van der Waals surface area contributed by atoms with Crippen molar-refractivity contribution in [3.63, 3.8) is 0 Å². The van der Waals surface area contributed by atoms with E-state index >= 15 is 0 Å². The summed E-state index contributed by atoms with van der Waals surface area (Å²) in [6.07, 6.45) is 3.50. The van der Waals surface area contributed by atoms with Gasteiger partial charge in [0.15, 0.2) is 0 Å². The van der Waals surface area contributed by atoms with Gasteiger partial charge in [-0.25, -0.2) is 0 Å². The molecule has 4 heteroatoms. The Morgan fingerprint density at radius 2 is 2.21 bits per heavy atom. The van der Waals surface area contributed by atoms with Gasteiger partial charge in [-0.1, -0.05) is 6.92 Å². The van der Waals surface area contributed by atoms with E-state index in [9.17, 15) is 4.79 Å². The van der Waals surface area contributed by atoms with Crippen LogP contribution in [0, 0.1) is 5.92 Å². The second-order valence-electron chi connectivity index (χ2n) is 5.04. The summed E-state index contributed by atoms with van der Waals surface area (Å²) in [5.41, 5.74) is 0.688. The van der Waals surface area contributed by atoms with Crippen molar-refractivity contribution >= 4 is 21.8 Å². The number of amides is 1. The number of rotatable bonds is 6. The Hall–Kier alpha value is -1.03. The van der Waals surface area contributed by atoms with Gasteiger partial charge in [0, 0.05) is 17.6 Å². The van der Waals surface area contributed by atoms with Gasteiger partial charge in [0.2, 0.25) is 0 Å². The number of ether oxygens (including phenoxy) is 1. The average Bonchev–Trinajstić information content (AvgIpc) is 3.22. The lowest BCUT2D eigenvalue weighted by molar-refractivity contribution is 0.0746. The van der Waals surface area contributed by atoms with Crippen molar-refractivity contribution < 1.29 is 9.53 Å². The highest BCUT2D eigenvalue weighted by Crippen LogP contribution is 2.31. The quantitative estimate of drug-likeness (QED) is 0.797. The highest BCUT2D eigenvalue weighted by Gasteiger charge is 2.27. The standard InChI is InChI=1S/C15H20BrNO2/c1-3-8-17(10-11-4-5-11)15(18)13-9-12(19-2)6-7-14(13)16/h6-7,9,11H,3-5,8,10H2,1-2H3. The summed E-state index contributed by atoms with van der Waals surface area (Å²) in [4.78, 5) is 14.6. The van der Waals surface area contributed by atoms with E-state index in [0.717, 1.165) is 29.7 Å². The van der Waals surface area contributed by atoms with E-state index < -0.39 is 0 Å². The summed E-state index contributed by atoms with van der Waals surface area (Å²) in [5, 5.41) is 0. The monoisotopic (exact) mass is 325 g/mol. The van der Waals surface area contributed by atoms with Crippen molar-refractivity contribution in [2.75, 3.05) is 20.2 Å². The van der Waals surface area contributed by atoms with E-state index in [1.165, 1.54) is 12.8 Å². The molecule has 3 nitrogen and oxygen atoms in total. The number of hydrogen-bond acceptors (Lipinski definition) is 2. The van der Waals surface area contributed by atoms with E-state index in [2.05, 4.69) is 22.9 Å². The minimum atomic E-state index is 0.0968. The molecule has 0 unspecified atom stereocenters. The van der Waals surface area contributed by atoms with Crippen molar-refractivity contribution in [1.29, 1.82) is 0 Å². The average molecular weight is 326 g/mol. The molecule has 2 rings (SSSR count). The van der Waals surface area contributed by atoms with Crippen molar-refractivity contribution in [2.24, 2.45) is 5.92 Å². The lowest BCUT2D eigenvalue weighted by Crippen LogP contribution is -2.33. The fraction of sp³-hybridized carbons (Fsp3) is 0.533. The molecule has 0 N–H and O–H groups in total. The van der Waals surface area contributed by atoms with Crippen LogP contribution in [0.5, 0.6) is 5.75 Å². The summed E-state index contributed by atoms with van der Waals surface area (Å²) in [6.45, 7) is 3.81. The molecule has 1 aromatic rings. The number of methoxy groups -OCH3 is 1. The molecule has 0 radical (unpaired) electrons. The van der Waals surface area contributed by atoms with Crippen molar-refractivity contribution in [2.45, 2.75) is 26.2 Å². The topological polar surface area (TPSA) is 29.5 Å². The normalized spacial score (nSPS) is 14.3. The first-order valence-electron chi connectivity index (χ1n) is 6.78. The van der Waals surface area contributed by atoms with Gasteiger partial charge in [0.25, 0.3) is 5.91 Å². The molecule has 1 amide bonds. The number of nitrogens with zero attached hydrogens (tertiary/aromatic N) is 1. The molecule has 0 atom stereocenters. The SMILES string of the molecule is CCCN(CC1CC1)C(=O)c1cc(OC)ccc1Br. The summed E-state index contributed by atoms with van der Waals surface area (Å²) in [6, 6.07) is 5.53. The molecule has 1 aromatic carbocycles. The van der Waals surface area contributed by atoms with Crippen molar-refractivity contribution in [3.05, 3.63) is 28.2 Å². The molecule has 19 heavy (non-hydrogen) atoms. The summed E-state index contributed by atoms with van der Waals surface area (Å²) >= 11 is 3.46. The van der Waals surface area contributed by atoms with Crippen LogP contribution in [0.1, 0.15) is 36.5 Å². The van der Waals surface area contributed by atoms with Crippen LogP contribution in [0.2, 0.25) is 0 Å². The summed E-state index contributed by atoms with van der Waals surface area (Å²) in [5.74, 6) is 1.52. The summed E-state index contributed by atoms with van der Waals surface area (Å²) in [7, 11) is 1.62. The van der Waals surface area contributed by atoms with Crippen LogP contribution in [0.3, 0.4) is 0 Å². The molecule has 1 aliphatic rings. The molecule has 104 valence electrons. The lowest BCUT2D eigenvalue weighted by Gasteiger charge is -2.23. The zero-order chi connectivity index (χ0) is 13.8. The third-order valence-corrected chi connectivity index (χ3v) is 4.05. The van der Waals surface area contributed by atoms with Gasteiger partial charge in [0.05, 0.1) is 12.7 Å². The first-order chi connectivity index (χ1) is 9.15. The molecule has 1 fully saturated rings. The van der Waals surface area contributed by atoms with Crippen LogP contribution in [-0.4, -0.2) is 31.0 Å². The van der Waals surface area contributed by atoms with Crippen molar-refractivity contribution in [3.8, 4) is 5.75 Å². The van der Waals surface area contributed by atoms with E-state index in [4.69, 9.17) is 4.74 Å². The third kappa shape index (κ3) is 3.72. The Bertz CT molecular complexity index is 457. The van der Waals surface area contributed by atoms with Gasteiger partial charge in [0.1, 0.15) is 5.75 Å². The molecule has 1 saturated carbocycles. The molecule has 0 spiro atoms. The first-order valence-corrected chi connectivity index (χ1v) is 7.57. The van der Waals surface area contributed by atoms with Crippen LogP contribution in [0.4, 0.5) is 0 Å². The van der Waals surface area contributed by atoms with Crippen LogP contribution < -0.4 is 4.74 Å². The highest BCUT2D eigenvalue weighted by molar-refractivity contribution is 9.10. The molecule has 0 heterocycles. The second kappa shape index (κ2) is 6.42. The van der Waals surface area contributed by atoms with Gasteiger partial charge >= 0.3 is 0 Å². The van der Waals surface area contributed by atoms with Gasteiger partial charge in [-0.3, -0.25) is 4.79 Å². The molecular formula is C15H20BrNO2. The zero-order valence-electron chi connectivity index (χ0n) is 11.5. The number of carbonyl (C=O) groups excluding carboxylic acids is 1. The zero-order valence-corrected chi connectivity index (χ0v) is 13.1. The third-order valence-electron chi connectivity index (χ3n) is 3.36. The fourth-order valence-corrected chi connectivity index (χ4v) is 2.54. The van der Waals surface area contributed by atoms with Gasteiger partial charge < -0.3 is 9.64 Å². The molecule has 0 saturated heterocycles. The van der Waals surface area contributed by atoms with Crippen LogP contribution in [-0.2, 0) is 0 Å². The lowest BCUT2D eigenvalue weighted by atomic mass is 10.1. The number of hydrogen-bond donors (Lipinski definition) is 0.